The Morgan fingerprint density at radius 1 is 1.34 bits per heavy atom. The molecular weight excluding hydrogens is 583 g/mol. The number of oxime groups is 1. The maximum absolute atomic E-state index is 12.6. The number of anilines is 1. The van der Waals surface area contributed by atoms with Gasteiger partial charge in [-0.1, -0.05) is 16.9 Å². The lowest BCUT2D eigenvalue weighted by molar-refractivity contribution is -0.192. The molecule has 0 saturated carbocycles. The van der Waals surface area contributed by atoms with Crippen molar-refractivity contribution in [1.82, 2.24) is 15.2 Å². The van der Waals surface area contributed by atoms with Gasteiger partial charge < -0.3 is 31.2 Å². The van der Waals surface area contributed by atoms with Gasteiger partial charge >= 0.3 is 24.1 Å². The van der Waals surface area contributed by atoms with Crippen molar-refractivity contribution in [2.75, 3.05) is 18.6 Å². The smallest absolute Gasteiger partial charge is 0.477 e. The molecule has 2 aliphatic rings. The van der Waals surface area contributed by atoms with Crippen LogP contribution in [0, 0.1) is 0 Å². The van der Waals surface area contributed by atoms with Crippen LogP contribution in [0.2, 0.25) is 0 Å². The Kier molecular flexibility index (Phi) is 10.1. The van der Waals surface area contributed by atoms with E-state index in [9.17, 15) is 42.7 Å². The molecule has 206 valence electrons. The quantitative estimate of drug-likeness (QED) is 0.0726. The van der Waals surface area contributed by atoms with Crippen LogP contribution in [0.5, 0.6) is 0 Å². The minimum absolute atomic E-state index is 0.0460. The normalized spacial score (nSPS) is 19.2. The van der Waals surface area contributed by atoms with Crippen LogP contribution in [0.1, 0.15) is 5.69 Å². The first-order chi connectivity index (χ1) is 17.7. The number of halogens is 3. The molecule has 3 heterocycles. The Balaban J connectivity index is 0.000000638. The first-order valence-corrected chi connectivity index (χ1v) is 12.4. The SMILES string of the molecule is COC(=O)/C=C\SC1=C(C(=O)O)N2C(=O)[C@@H](NC(=O)/C(=N\O)c3csc(N)n3)[C@H]2SC1.O=C(O)C(F)(F)F. The molecule has 6 N–H and O–H groups in total. The number of hydrogen-bond donors (Lipinski definition) is 5. The maximum Gasteiger partial charge on any atom is 0.490 e. The number of nitrogens with one attached hydrogen (secondary N) is 1. The topological polar surface area (TPSA) is 222 Å². The summed E-state index contributed by atoms with van der Waals surface area (Å²) in [6, 6.07) is -1.02. The number of nitrogen functional groups attached to an aromatic ring is 1. The van der Waals surface area contributed by atoms with Crippen LogP contribution in [0.3, 0.4) is 0 Å². The van der Waals surface area contributed by atoms with E-state index in [0.717, 1.165) is 34.1 Å². The number of hydrogen-bond acceptors (Lipinski definition) is 13. The summed E-state index contributed by atoms with van der Waals surface area (Å²) in [6.07, 6.45) is -3.95. The second-order valence-corrected chi connectivity index (χ2v) is 9.70. The Hall–Kier alpha value is -3.78. The highest BCUT2D eigenvalue weighted by Crippen LogP contribution is 2.43. The Bertz CT molecular complexity index is 1230. The van der Waals surface area contributed by atoms with Gasteiger partial charge in [-0.25, -0.2) is 19.4 Å². The van der Waals surface area contributed by atoms with Gasteiger partial charge in [0.25, 0.3) is 11.8 Å². The third-order valence-corrected chi connectivity index (χ3v) is 7.39. The van der Waals surface area contributed by atoms with Gasteiger partial charge in [0.05, 0.1) is 7.11 Å². The molecule has 1 fully saturated rings. The lowest BCUT2D eigenvalue weighted by Crippen LogP contribution is -2.71. The van der Waals surface area contributed by atoms with Crippen LogP contribution in [-0.4, -0.2) is 91.2 Å². The van der Waals surface area contributed by atoms with Crippen LogP contribution in [0.4, 0.5) is 18.3 Å². The number of carboxylic acids is 2. The van der Waals surface area contributed by atoms with Crippen molar-refractivity contribution >= 4 is 75.4 Å². The van der Waals surface area contributed by atoms with Crippen molar-refractivity contribution in [3.63, 3.8) is 0 Å². The molecule has 0 unspecified atom stereocenters. The van der Waals surface area contributed by atoms with Gasteiger partial charge in [-0.3, -0.25) is 14.5 Å². The van der Waals surface area contributed by atoms with Crippen LogP contribution in [0.15, 0.2) is 32.6 Å². The molecule has 20 heteroatoms. The number of esters is 1. The number of thioether (sulfide) groups is 2. The number of aliphatic carboxylic acids is 2. The number of nitrogens with zero attached hydrogens (tertiary/aromatic N) is 3. The Morgan fingerprint density at radius 2 is 1.97 bits per heavy atom. The van der Waals surface area contributed by atoms with Crippen molar-refractivity contribution in [2.24, 2.45) is 5.16 Å². The predicted octanol–water partition coefficient (Wildman–Crippen LogP) is 0.653. The Labute approximate surface area is 222 Å². The minimum Gasteiger partial charge on any atom is -0.477 e. The highest BCUT2D eigenvalue weighted by molar-refractivity contribution is 8.08. The average Bonchev–Trinajstić information content (AvgIpc) is 3.27. The van der Waals surface area contributed by atoms with Gasteiger partial charge in [-0.15, -0.1) is 23.1 Å². The molecule has 38 heavy (non-hydrogen) atoms. The number of fused-ring (bicyclic) bond motifs is 1. The molecule has 0 radical (unpaired) electrons. The first kappa shape index (κ1) is 30.4. The molecule has 3 rings (SSSR count). The molecule has 2 atom stereocenters. The number of alkyl halides is 3. The highest BCUT2D eigenvalue weighted by Gasteiger charge is 2.54. The number of thiazole rings is 1. The minimum atomic E-state index is -5.08. The van der Waals surface area contributed by atoms with E-state index in [0.29, 0.717) is 4.91 Å². The number of amides is 2. The van der Waals surface area contributed by atoms with Crippen molar-refractivity contribution in [3.8, 4) is 0 Å². The molecule has 2 aliphatic heterocycles. The fourth-order valence-corrected chi connectivity index (χ4v) is 5.60. The van der Waals surface area contributed by atoms with E-state index in [1.54, 1.807) is 0 Å². The fraction of sp³-hybridized carbons (Fsp3) is 0.278. The molecule has 1 aromatic rings. The van der Waals surface area contributed by atoms with E-state index in [-0.39, 0.29) is 22.3 Å². The zero-order valence-corrected chi connectivity index (χ0v) is 21.1. The summed E-state index contributed by atoms with van der Waals surface area (Å²) in [4.78, 5) is 62.3. The van der Waals surface area contributed by atoms with E-state index in [4.69, 9.17) is 15.6 Å². The molecule has 0 aromatic carbocycles. The molecule has 2 amide bonds. The van der Waals surface area contributed by atoms with Gasteiger partial charge in [0, 0.05) is 22.1 Å². The monoisotopic (exact) mass is 599 g/mol. The first-order valence-electron chi connectivity index (χ1n) is 9.59. The van der Waals surface area contributed by atoms with E-state index < -0.39 is 53.0 Å². The summed E-state index contributed by atoms with van der Waals surface area (Å²) in [5.41, 5.74) is 4.92. The zero-order chi connectivity index (χ0) is 28.8. The third kappa shape index (κ3) is 7.16. The number of methoxy groups -OCH3 is 1. The van der Waals surface area contributed by atoms with Crippen molar-refractivity contribution in [3.05, 3.63) is 33.2 Å². The number of β-lactam (4-membered cyclic amide) rings is 1. The van der Waals surface area contributed by atoms with Crippen LogP contribution in [-0.2, 0) is 28.7 Å². The van der Waals surface area contributed by atoms with E-state index >= 15 is 0 Å². The zero-order valence-electron chi connectivity index (χ0n) is 18.7. The summed E-state index contributed by atoms with van der Waals surface area (Å²) in [5.74, 6) is -5.92. The number of nitrogens with two attached hydrogens (primary N) is 1. The number of aromatic nitrogens is 1. The van der Waals surface area contributed by atoms with Gasteiger partial charge in [0.15, 0.2) is 10.8 Å². The van der Waals surface area contributed by atoms with Gasteiger partial charge in [0.1, 0.15) is 22.8 Å². The predicted molar refractivity (Wildman–Crippen MR) is 127 cm³/mol. The molecule has 0 aliphatic carbocycles. The number of carbonyl (C=O) groups excluding carboxylic acids is 3. The lowest BCUT2D eigenvalue weighted by Gasteiger charge is -2.49. The second kappa shape index (κ2) is 12.6. The van der Waals surface area contributed by atoms with Gasteiger partial charge in [-0.05, 0) is 5.41 Å². The van der Waals surface area contributed by atoms with E-state index in [2.05, 4.69) is 20.2 Å². The van der Waals surface area contributed by atoms with Gasteiger partial charge in [-0.2, -0.15) is 13.2 Å². The molecule has 0 bridgehead atoms. The third-order valence-electron chi connectivity index (χ3n) is 4.36. The summed E-state index contributed by atoms with van der Waals surface area (Å²) >= 11 is 3.27. The van der Waals surface area contributed by atoms with Crippen molar-refractivity contribution in [2.45, 2.75) is 17.6 Å². The summed E-state index contributed by atoms with van der Waals surface area (Å²) in [6.45, 7) is 0. The molecule has 1 aromatic heterocycles. The number of ether oxygens (including phenoxy) is 1. The standard InChI is InChI=1S/C16H15N5O7S3.C2HF3O2/c1-28-8(22)2-3-29-7-5-30-14-10(13(24)21(14)11(7)15(25)26)19-12(23)9(20-27)6-4-31-16(17)18-6;3-2(4,5)1(6)7/h2-4,10,14,27H,5H2,1H3,(H2,17,18)(H,19,23)(H,25,26);(H,6,7)/b3-2-,20-9-;/t10-,14-;/m1./s1. The van der Waals surface area contributed by atoms with Crippen molar-refractivity contribution in [1.29, 1.82) is 0 Å². The van der Waals surface area contributed by atoms with Gasteiger partial charge in [0.2, 0.25) is 0 Å². The molecule has 0 spiro atoms. The van der Waals surface area contributed by atoms with Crippen LogP contribution < -0.4 is 11.1 Å². The average molecular weight is 600 g/mol. The lowest BCUT2D eigenvalue weighted by atomic mass is 10.0. The summed E-state index contributed by atoms with van der Waals surface area (Å²) in [7, 11) is 1.21. The molecular formula is C18H16F3N5O9S3. The van der Waals surface area contributed by atoms with E-state index in [1.165, 1.54) is 29.7 Å². The molecule has 14 nitrogen and oxygen atoms in total. The second-order valence-electron chi connectivity index (χ2n) is 6.70. The fourth-order valence-electron chi connectivity index (χ4n) is 2.74. The number of carboxylic acid groups (broad SMARTS) is 2. The Morgan fingerprint density at radius 3 is 2.45 bits per heavy atom. The summed E-state index contributed by atoms with van der Waals surface area (Å²) in [5, 5.41) is 33.6. The van der Waals surface area contributed by atoms with E-state index in [1.807, 2.05) is 0 Å². The van der Waals surface area contributed by atoms with Crippen molar-refractivity contribution < 1.29 is 57.3 Å². The van der Waals surface area contributed by atoms with Crippen LogP contribution >= 0.6 is 34.9 Å². The number of rotatable bonds is 7. The largest absolute Gasteiger partial charge is 0.490 e. The van der Waals surface area contributed by atoms with Crippen LogP contribution in [0.25, 0.3) is 0 Å². The number of carbonyl (C=O) groups is 5. The summed E-state index contributed by atoms with van der Waals surface area (Å²) < 4.78 is 36.2. The molecule has 1 saturated heterocycles. The maximum atomic E-state index is 12.6. The highest BCUT2D eigenvalue weighted by atomic mass is 32.2.